The minimum atomic E-state index is -0.670. The standard InChI is InChI=1S/C38H35NO5/c40-34-25-27-39(28-33(34)38(42)44-37(31-20-10-3-11-21-31)32-22-12-4-13-23-32)26-15-5-14-24-35(41)43-36(29-16-6-1-7-17-29)30-18-8-2-9-19-30/h1-4,6-13,16-23,25,27-28,36-37H,5,14-15,24,26H2. The monoisotopic (exact) mass is 585 g/mol. The fourth-order valence-electron chi connectivity index (χ4n) is 5.09. The smallest absolute Gasteiger partial charge is 0.344 e. The van der Waals surface area contributed by atoms with E-state index in [4.69, 9.17) is 9.47 Å². The number of aryl methyl sites for hydroxylation is 1. The molecule has 0 saturated carbocycles. The second kappa shape index (κ2) is 15.3. The molecule has 0 unspecified atom stereocenters. The van der Waals surface area contributed by atoms with Crippen LogP contribution in [0.2, 0.25) is 0 Å². The van der Waals surface area contributed by atoms with Gasteiger partial charge in [-0.3, -0.25) is 9.59 Å². The molecule has 1 aromatic heterocycles. The molecule has 0 aliphatic carbocycles. The SMILES string of the molecule is O=C(CCCCCn1ccc(=O)c(C(=O)OC(c2ccccc2)c2ccccc2)c1)OC(c1ccccc1)c1ccccc1. The highest BCUT2D eigenvalue weighted by atomic mass is 16.5. The average molecular weight is 586 g/mol. The van der Waals surface area contributed by atoms with E-state index in [0.29, 0.717) is 19.4 Å². The lowest BCUT2D eigenvalue weighted by Crippen LogP contribution is -2.21. The lowest BCUT2D eigenvalue weighted by atomic mass is 10.0. The molecule has 5 aromatic rings. The number of carbonyl (C=O) groups is 2. The molecule has 0 fully saturated rings. The van der Waals surface area contributed by atoms with Crippen molar-refractivity contribution < 1.29 is 19.1 Å². The number of benzene rings is 4. The molecule has 0 atom stereocenters. The third-order valence-corrected chi connectivity index (χ3v) is 7.38. The van der Waals surface area contributed by atoms with Crippen LogP contribution in [0, 0.1) is 0 Å². The maximum Gasteiger partial charge on any atom is 0.344 e. The molecule has 0 bridgehead atoms. The molecule has 44 heavy (non-hydrogen) atoms. The van der Waals surface area contributed by atoms with E-state index in [1.54, 1.807) is 12.4 Å². The van der Waals surface area contributed by atoms with Crippen LogP contribution in [-0.4, -0.2) is 16.5 Å². The number of esters is 2. The number of rotatable bonds is 13. The number of carbonyl (C=O) groups excluding carboxylic acids is 2. The van der Waals surface area contributed by atoms with Gasteiger partial charge in [0, 0.05) is 31.4 Å². The summed E-state index contributed by atoms with van der Waals surface area (Å²) in [5.41, 5.74) is 3.10. The summed E-state index contributed by atoms with van der Waals surface area (Å²) in [6.07, 6.45) is 4.65. The minimum Gasteiger partial charge on any atom is -0.453 e. The van der Waals surface area contributed by atoms with Crippen LogP contribution in [0.4, 0.5) is 0 Å². The molecule has 0 saturated heterocycles. The van der Waals surface area contributed by atoms with E-state index >= 15 is 0 Å². The van der Waals surface area contributed by atoms with Crippen LogP contribution < -0.4 is 5.43 Å². The Morgan fingerprint density at radius 2 is 1.02 bits per heavy atom. The number of nitrogens with zero attached hydrogens (tertiary/aromatic N) is 1. The molecular weight excluding hydrogens is 550 g/mol. The van der Waals surface area contributed by atoms with Crippen LogP contribution in [0.3, 0.4) is 0 Å². The number of pyridine rings is 1. The molecule has 0 N–H and O–H groups in total. The molecule has 6 heteroatoms. The molecule has 0 aliphatic heterocycles. The van der Waals surface area contributed by atoms with Gasteiger partial charge in [0.05, 0.1) is 0 Å². The van der Waals surface area contributed by atoms with Crippen molar-refractivity contribution in [3.63, 3.8) is 0 Å². The number of hydrogen-bond acceptors (Lipinski definition) is 5. The van der Waals surface area contributed by atoms with Gasteiger partial charge in [-0.05, 0) is 35.1 Å². The predicted molar refractivity (Wildman–Crippen MR) is 170 cm³/mol. The first-order valence-corrected chi connectivity index (χ1v) is 14.9. The highest BCUT2D eigenvalue weighted by molar-refractivity contribution is 5.89. The normalized spacial score (nSPS) is 11.0. The molecule has 0 aliphatic rings. The Kier molecular flexibility index (Phi) is 10.5. The Morgan fingerprint density at radius 1 is 0.568 bits per heavy atom. The van der Waals surface area contributed by atoms with Crippen molar-refractivity contribution in [2.45, 2.75) is 44.4 Å². The maximum absolute atomic E-state index is 13.2. The van der Waals surface area contributed by atoms with Crippen LogP contribution in [0.25, 0.3) is 0 Å². The van der Waals surface area contributed by atoms with Crippen molar-refractivity contribution in [1.29, 1.82) is 0 Å². The zero-order valence-corrected chi connectivity index (χ0v) is 24.5. The fraction of sp³-hybridized carbons (Fsp3) is 0.184. The number of unbranched alkanes of at least 4 members (excludes halogenated alkanes) is 2. The largest absolute Gasteiger partial charge is 0.453 e. The van der Waals surface area contributed by atoms with E-state index in [-0.39, 0.29) is 17.0 Å². The summed E-state index contributed by atoms with van der Waals surface area (Å²) >= 11 is 0. The fourth-order valence-corrected chi connectivity index (χ4v) is 5.09. The first-order valence-electron chi connectivity index (χ1n) is 14.9. The van der Waals surface area contributed by atoms with Gasteiger partial charge in [0.1, 0.15) is 5.56 Å². The third-order valence-electron chi connectivity index (χ3n) is 7.38. The Bertz CT molecular complexity index is 1610. The zero-order valence-electron chi connectivity index (χ0n) is 24.5. The van der Waals surface area contributed by atoms with Crippen LogP contribution >= 0.6 is 0 Å². The first kappa shape index (κ1) is 30.2. The van der Waals surface area contributed by atoms with Crippen molar-refractivity contribution in [3.05, 3.63) is 178 Å². The van der Waals surface area contributed by atoms with Gasteiger partial charge in [-0.1, -0.05) is 128 Å². The van der Waals surface area contributed by atoms with Crippen molar-refractivity contribution in [2.75, 3.05) is 0 Å². The second-order valence-corrected chi connectivity index (χ2v) is 10.6. The molecule has 222 valence electrons. The van der Waals surface area contributed by atoms with E-state index < -0.39 is 18.2 Å². The van der Waals surface area contributed by atoms with Crippen LogP contribution in [0.15, 0.2) is 145 Å². The molecule has 1 heterocycles. The van der Waals surface area contributed by atoms with Crippen LogP contribution in [-0.2, 0) is 20.8 Å². The summed E-state index contributed by atoms with van der Waals surface area (Å²) in [5.74, 6) is -0.918. The Morgan fingerprint density at radius 3 is 1.50 bits per heavy atom. The number of hydrogen-bond donors (Lipinski definition) is 0. The summed E-state index contributed by atoms with van der Waals surface area (Å²) in [6, 6.07) is 39.8. The Hall–Kier alpha value is -5.23. The van der Waals surface area contributed by atoms with Gasteiger partial charge in [-0.2, -0.15) is 0 Å². The summed E-state index contributed by atoms with van der Waals surface area (Å²) < 4.78 is 13.6. The van der Waals surface area contributed by atoms with E-state index in [1.165, 1.54) is 6.07 Å². The van der Waals surface area contributed by atoms with Crippen molar-refractivity contribution in [3.8, 4) is 0 Å². The molecule has 6 nitrogen and oxygen atoms in total. The van der Waals surface area contributed by atoms with Gasteiger partial charge in [0.25, 0.3) is 0 Å². The van der Waals surface area contributed by atoms with E-state index in [9.17, 15) is 14.4 Å². The van der Waals surface area contributed by atoms with Crippen molar-refractivity contribution in [2.24, 2.45) is 0 Å². The van der Waals surface area contributed by atoms with Crippen LogP contribution in [0.5, 0.6) is 0 Å². The quantitative estimate of drug-likeness (QED) is 0.105. The summed E-state index contributed by atoms with van der Waals surface area (Å²) in [6.45, 7) is 0.590. The highest BCUT2D eigenvalue weighted by Crippen LogP contribution is 2.28. The lowest BCUT2D eigenvalue weighted by molar-refractivity contribution is -0.147. The van der Waals surface area contributed by atoms with Crippen molar-refractivity contribution in [1.82, 2.24) is 4.57 Å². The molecule has 0 spiro atoms. The van der Waals surface area contributed by atoms with Gasteiger partial charge in [0.15, 0.2) is 17.6 Å². The highest BCUT2D eigenvalue weighted by Gasteiger charge is 2.22. The molecule has 0 radical (unpaired) electrons. The topological polar surface area (TPSA) is 74.6 Å². The molecule has 0 amide bonds. The van der Waals surface area contributed by atoms with E-state index in [2.05, 4.69) is 0 Å². The third kappa shape index (κ3) is 8.19. The zero-order chi connectivity index (χ0) is 30.6. The van der Waals surface area contributed by atoms with Gasteiger partial charge >= 0.3 is 11.9 Å². The van der Waals surface area contributed by atoms with Crippen molar-refractivity contribution >= 4 is 11.9 Å². The van der Waals surface area contributed by atoms with Gasteiger partial charge in [-0.15, -0.1) is 0 Å². The second-order valence-electron chi connectivity index (χ2n) is 10.6. The summed E-state index contributed by atoms with van der Waals surface area (Å²) in [7, 11) is 0. The number of ether oxygens (including phenoxy) is 2. The summed E-state index contributed by atoms with van der Waals surface area (Å²) in [5, 5.41) is 0. The molecule has 4 aromatic carbocycles. The van der Waals surface area contributed by atoms with Gasteiger partial charge in [-0.25, -0.2) is 4.79 Å². The van der Waals surface area contributed by atoms with Crippen LogP contribution in [0.1, 0.15) is 70.5 Å². The molecule has 5 rings (SSSR count). The number of aromatic nitrogens is 1. The van der Waals surface area contributed by atoms with Gasteiger partial charge in [0.2, 0.25) is 0 Å². The van der Waals surface area contributed by atoms with E-state index in [0.717, 1.165) is 35.1 Å². The Balaban J connectivity index is 1.15. The minimum absolute atomic E-state index is 0.0131. The average Bonchev–Trinajstić information content (AvgIpc) is 3.08. The first-order chi connectivity index (χ1) is 21.6. The predicted octanol–water partition coefficient (Wildman–Crippen LogP) is 7.69. The molecular formula is C38H35NO5. The lowest BCUT2D eigenvalue weighted by Gasteiger charge is -2.19. The Labute approximate surface area is 257 Å². The maximum atomic E-state index is 13.2. The summed E-state index contributed by atoms with van der Waals surface area (Å²) in [4.78, 5) is 38.6. The van der Waals surface area contributed by atoms with E-state index in [1.807, 2.05) is 126 Å². The van der Waals surface area contributed by atoms with Gasteiger partial charge < -0.3 is 14.0 Å².